The lowest BCUT2D eigenvalue weighted by molar-refractivity contribution is -0.117. The second-order valence-corrected chi connectivity index (χ2v) is 6.31. The molecular weight excluding hydrogens is 330 g/mol. The molecule has 7 nitrogen and oxygen atoms in total. The van der Waals surface area contributed by atoms with Crippen LogP contribution >= 0.6 is 0 Å². The van der Waals surface area contributed by atoms with E-state index in [-0.39, 0.29) is 18.0 Å². The van der Waals surface area contributed by atoms with Gasteiger partial charge in [0.15, 0.2) is 0 Å². The first kappa shape index (κ1) is 16.3. The predicted octanol–water partition coefficient (Wildman–Crippen LogP) is 2.08. The maximum absolute atomic E-state index is 12.4. The van der Waals surface area contributed by atoms with Crippen molar-refractivity contribution in [3.8, 4) is 11.3 Å². The Morgan fingerprint density at radius 3 is 2.88 bits per heavy atom. The smallest absolute Gasteiger partial charge is 0.267 e. The molecule has 0 radical (unpaired) electrons. The van der Waals surface area contributed by atoms with Crippen LogP contribution in [0, 0.1) is 0 Å². The minimum absolute atomic E-state index is 0.131. The fourth-order valence-corrected chi connectivity index (χ4v) is 3.19. The number of carbonyl (C=O) groups excluding carboxylic acids is 1. The summed E-state index contributed by atoms with van der Waals surface area (Å²) in [6, 6.07) is 10.5. The van der Waals surface area contributed by atoms with Crippen LogP contribution in [-0.2, 0) is 24.3 Å². The lowest BCUT2D eigenvalue weighted by Gasteiger charge is -2.11. The Bertz CT molecular complexity index is 981. The molecule has 1 aliphatic heterocycles. The van der Waals surface area contributed by atoms with Crippen molar-refractivity contribution < 1.29 is 4.79 Å². The summed E-state index contributed by atoms with van der Waals surface area (Å²) in [5.41, 5.74) is 2.10. The molecule has 1 amide bonds. The van der Waals surface area contributed by atoms with Crippen LogP contribution < -0.4 is 10.9 Å². The van der Waals surface area contributed by atoms with E-state index in [4.69, 9.17) is 4.98 Å². The van der Waals surface area contributed by atoms with Crippen LogP contribution in [0.1, 0.15) is 18.7 Å². The van der Waals surface area contributed by atoms with Gasteiger partial charge in [-0.1, -0.05) is 18.2 Å². The first-order valence-corrected chi connectivity index (χ1v) is 8.68. The van der Waals surface area contributed by atoms with Gasteiger partial charge in [-0.2, -0.15) is 5.10 Å². The molecule has 0 saturated carbocycles. The highest BCUT2D eigenvalue weighted by Gasteiger charge is 2.16. The normalized spacial score (nSPS) is 13.2. The Balaban J connectivity index is 1.58. The van der Waals surface area contributed by atoms with Crippen LogP contribution in [0.25, 0.3) is 11.3 Å². The van der Waals surface area contributed by atoms with Crippen molar-refractivity contribution in [1.82, 2.24) is 19.3 Å². The van der Waals surface area contributed by atoms with Crippen LogP contribution in [0.2, 0.25) is 0 Å². The van der Waals surface area contributed by atoms with Gasteiger partial charge in [0.25, 0.3) is 5.56 Å². The molecule has 0 aliphatic carbocycles. The first-order valence-electron chi connectivity index (χ1n) is 8.68. The number of aromatic nitrogens is 4. The van der Waals surface area contributed by atoms with E-state index in [0.717, 1.165) is 41.1 Å². The number of benzene rings is 1. The second kappa shape index (κ2) is 6.95. The summed E-state index contributed by atoms with van der Waals surface area (Å²) in [6.45, 7) is 0.854. The monoisotopic (exact) mass is 349 g/mol. The van der Waals surface area contributed by atoms with E-state index in [0.29, 0.717) is 5.69 Å². The summed E-state index contributed by atoms with van der Waals surface area (Å²) in [5.74, 6) is 0.787. The van der Waals surface area contributed by atoms with Crippen LogP contribution in [-0.4, -0.2) is 25.2 Å². The van der Waals surface area contributed by atoms with Gasteiger partial charge in [0.05, 0.1) is 11.4 Å². The zero-order valence-corrected chi connectivity index (χ0v) is 14.3. The molecule has 2 aromatic heterocycles. The van der Waals surface area contributed by atoms with Gasteiger partial charge in [0.1, 0.15) is 12.4 Å². The summed E-state index contributed by atoms with van der Waals surface area (Å²) in [7, 11) is 0. The number of imidazole rings is 1. The van der Waals surface area contributed by atoms with Gasteiger partial charge < -0.3 is 9.88 Å². The largest absolute Gasteiger partial charge is 0.334 e. The first-order chi connectivity index (χ1) is 12.7. The van der Waals surface area contributed by atoms with Crippen LogP contribution in [0.3, 0.4) is 0 Å². The fraction of sp³-hybridized carbons (Fsp3) is 0.263. The van der Waals surface area contributed by atoms with Crippen molar-refractivity contribution in [2.45, 2.75) is 32.4 Å². The molecule has 26 heavy (non-hydrogen) atoms. The van der Waals surface area contributed by atoms with E-state index >= 15 is 0 Å². The Labute approximate surface area is 150 Å². The van der Waals surface area contributed by atoms with Crippen LogP contribution in [0.4, 0.5) is 5.69 Å². The van der Waals surface area contributed by atoms with E-state index in [1.165, 1.54) is 18.7 Å². The van der Waals surface area contributed by atoms with Crippen molar-refractivity contribution in [2.24, 2.45) is 0 Å². The van der Waals surface area contributed by atoms with E-state index in [1.807, 2.05) is 30.5 Å². The molecule has 0 atom stereocenters. The summed E-state index contributed by atoms with van der Waals surface area (Å²) in [6.07, 6.45) is 6.84. The number of fused-ring (bicyclic) bond motifs is 1. The summed E-state index contributed by atoms with van der Waals surface area (Å²) in [5, 5.41) is 6.79. The van der Waals surface area contributed by atoms with Gasteiger partial charge in [0, 0.05) is 37.0 Å². The van der Waals surface area contributed by atoms with Crippen LogP contribution in [0.15, 0.2) is 53.6 Å². The summed E-state index contributed by atoms with van der Waals surface area (Å²) in [4.78, 5) is 28.8. The SMILES string of the molecule is O=C(Cn1ncccc1=O)Nc1ccccc1-c1cn2c(n1)CCCC2. The quantitative estimate of drug-likeness (QED) is 0.782. The third kappa shape index (κ3) is 3.28. The molecule has 0 bridgehead atoms. The molecule has 132 valence electrons. The number of amides is 1. The van der Waals surface area contributed by atoms with Crippen molar-refractivity contribution in [2.75, 3.05) is 5.32 Å². The van der Waals surface area contributed by atoms with Gasteiger partial charge in [-0.05, 0) is 25.0 Å². The zero-order valence-electron chi connectivity index (χ0n) is 14.3. The highest BCUT2D eigenvalue weighted by atomic mass is 16.2. The number of para-hydroxylation sites is 1. The van der Waals surface area contributed by atoms with Crippen molar-refractivity contribution in [3.05, 3.63) is 65.0 Å². The maximum Gasteiger partial charge on any atom is 0.267 e. The topological polar surface area (TPSA) is 81.8 Å². The fourth-order valence-electron chi connectivity index (χ4n) is 3.19. The maximum atomic E-state index is 12.4. The predicted molar refractivity (Wildman–Crippen MR) is 97.7 cm³/mol. The molecule has 4 rings (SSSR count). The minimum Gasteiger partial charge on any atom is -0.334 e. The highest BCUT2D eigenvalue weighted by molar-refractivity contribution is 5.94. The van der Waals surface area contributed by atoms with Gasteiger partial charge >= 0.3 is 0 Å². The summed E-state index contributed by atoms with van der Waals surface area (Å²) < 4.78 is 3.32. The highest BCUT2D eigenvalue weighted by Crippen LogP contribution is 2.28. The van der Waals surface area contributed by atoms with Crippen molar-refractivity contribution in [3.63, 3.8) is 0 Å². The number of carbonyl (C=O) groups is 1. The standard InChI is InChI=1S/C19H19N5O2/c25-18(13-24-19(26)9-5-10-20-24)22-15-7-2-1-6-14(15)16-12-23-11-4-3-8-17(23)21-16/h1-2,5-7,9-10,12H,3-4,8,11,13H2,(H,22,25). The second-order valence-electron chi connectivity index (χ2n) is 6.31. The molecule has 0 saturated heterocycles. The molecule has 3 heterocycles. The molecule has 1 aliphatic rings. The van der Waals surface area contributed by atoms with E-state index in [1.54, 1.807) is 6.07 Å². The van der Waals surface area contributed by atoms with E-state index in [9.17, 15) is 9.59 Å². The van der Waals surface area contributed by atoms with Gasteiger partial charge in [-0.3, -0.25) is 9.59 Å². The van der Waals surface area contributed by atoms with Crippen molar-refractivity contribution in [1.29, 1.82) is 0 Å². The van der Waals surface area contributed by atoms with Gasteiger partial charge in [-0.25, -0.2) is 9.67 Å². The molecule has 1 N–H and O–H groups in total. The average molecular weight is 349 g/mol. The summed E-state index contributed by atoms with van der Waals surface area (Å²) >= 11 is 0. The van der Waals surface area contributed by atoms with E-state index in [2.05, 4.69) is 15.0 Å². The number of nitrogens with zero attached hydrogens (tertiary/aromatic N) is 4. The van der Waals surface area contributed by atoms with Crippen molar-refractivity contribution >= 4 is 11.6 Å². The molecular formula is C19H19N5O2. The molecule has 7 heteroatoms. The number of hydrogen-bond acceptors (Lipinski definition) is 4. The molecule has 0 spiro atoms. The Morgan fingerprint density at radius 2 is 2.04 bits per heavy atom. The Kier molecular flexibility index (Phi) is 4.35. The molecule has 1 aromatic carbocycles. The third-order valence-electron chi connectivity index (χ3n) is 4.46. The average Bonchev–Trinajstić information content (AvgIpc) is 3.08. The van der Waals surface area contributed by atoms with Gasteiger partial charge in [0.2, 0.25) is 5.91 Å². The number of rotatable bonds is 4. The third-order valence-corrected chi connectivity index (χ3v) is 4.46. The lowest BCUT2D eigenvalue weighted by Crippen LogP contribution is -2.28. The lowest BCUT2D eigenvalue weighted by atomic mass is 10.1. The number of nitrogens with one attached hydrogen (secondary N) is 1. The number of aryl methyl sites for hydroxylation is 2. The Morgan fingerprint density at radius 1 is 1.15 bits per heavy atom. The Hall–Kier alpha value is -3.22. The van der Waals surface area contributed by atoms with E-state index < -0.39 is 0 Å². The zero-order chi connectivity index (χ0) is 17.9. The molecule has 3 aromatic rings. The number of anilines is 1. The molecule has 0 fully saturated rings. The van der Waals surface area contributed by atoms with Crippen LogP contribution in [0.5, 0.6) is 0 Å². The van der Waals surface area contributed by atoms with Gasteiger partial charge in [-0.15, -0.1) is 0 Å². The number of hydrogen-bond donors (Lipinski definition) is 1. The molecule has 0 unspecified atom stereocenters. The minimum atomic E-state index is -0.308.